The molecule has 1 heterocycles. The molecule has 0 saturated carbocycles. The molecule has 0 aliphatic carbocycles. The van der Waals surface area contributed by atoms with E-state index in [4.69, 9.17) is 4.98 Å². The first-order valence-corrected chi connectivity index (χ1v) is 10.3. The SMILES string of the molecule is CCCCC(N=[N+]=[N-])(C(=O)NC(C)C)n1c(-c2cccc(C#N)c2)nc2ccccc21. The Labute approximate surface area is 181 Å². The Kier molecular flexibility index (Phi) is 6.58. The van der Waals surface area contributed by atoms with Gasteiger partial charge in [-0.05, 0) is 50.1 Å². The van der Waals surface area contributed by atoms with Crippen molar-refractivity contribution in [1.82, 2.24) is 14.9 Å². The molecule has 8 nitrogen and oxygen atoms in total. The summed E-state index contributed by atoms with van der Waals surface area (Å²) >= 11 is 0. The molecule has 31 heavy (non-hydrogen) atoms. The number of benzene rings is 2. The Bertz CT molecular complexity index is 1180. The summed E-state index contributed by atoms with van der Waals surface area (Å²) in [5.41, 5.74) is 10.5. The largest absolute Gasteiger partial charge is 0.352 e. The molecular weight excluding hydrogens is 390 g/mol. The molecule has 1 N–H and O–H groups in total. The molecule has 3 rings (SSSR count). The molecule has 2 aromatic carbocycles. The van der Waals surface area contributed by atoms with Crippen LogP contribution in [0.3, 0.4) is 0 Å². The highest BCUT2D eigenvalue weighted by molar-refractivity contribution is 5.90. The number of nitrogens with one attached hydrogen (secondary N) is 1. The molecule has 158 valence electrons. The van der Waals surface area contributed by atoms with Gasteiger partial charge in [-0.15, -0.1) is 0 Å². The molecule has 1 atom stereocenters. The van der Waals surface area contributed by atoms with Crippen molar-refractivity contribution in [2.45, 2.75) is 51.7 Å². The third-order valence-corrected chi connectivity index (χ3v) is 5.05. The number of hydrogen-bond donors (Lipinski definition) is 1. The average Bonchev–Trinajstić information content (AvgIpc) is 3.16. The fraction of sp³-hybridized carbons (Fsp3) is 0.348. The van der Waals surface area contributed by atoms with Gasteiger partial charge in [0.1, 0.15) is 5.82 Å². The van der Waals surface area contributed by atoms with Gasteiger partial charge in [0.2, 0.25) is 5.66 Å². The Hall–Kier alpha value is -3.82. The zero-order valence-electron chi connectivity index (χ0n) is 17.9. The van der Waals surface area contributed by atoms with Gasteiger partial charge >= 0.3 is 0 Å². The van der Waals surface area contributed by atoms with E-state index in [-0.39, 0.29) is 11.9 Å². The molecule has 1 unspecified atom stereocenters. The first-order chi connectivity index (χ1) is 15.0. The Morgan fingerprint density at radius 2 is 2.10 bits per heavy atom. The van der Waals surface area contributed by atoms with E-state index in [0.717, 1.165) is 6.42 Å². The first kappa shape index (κ1) is 21.9. The summed E-state index contributed by atoms with van der Waals surface area (Å²) in [6.45, 7) is 5.74. The lowest BCUT2D eigenvalue weighted by molar-refractivity contribution is -0.130. The van der Waals surface area contributed by atoms with Crippen LogP contribution in [0.4, 0.5) is 0 Å². The molecule has 0 spiro atoms. The van der Waals surface area contributed by atoms with Gasteiger partial charge in [-0.25, -0.2) is 4.98 Å². The van der Waals surface area contributed by atoms with Crippen LogP contribution in [0.15, 0.2) is 53.6 Å². The van der Waals surface area contributed by atoms with Crippen LogP contribution in [0.1, 0.15) is 45.6 Å². The second kappa shape index (κ2) is 9.33. The van der Waals surface area contributed by atoms with Crippen LogP contribution < -0.4 is 5.32 Å². The minimum Gasteiger partial charge on any atom is -0.352 e. The Morgan fingerprint density at radius 1 is 1.32 bits per heavy atom. The van der Waals surface area contributed by atoms with Crippen molar-refractivity contribution in [2.24, 2.45) is 5.11 Å². The van der Waals surface area contributed by atoms with Gasteiger partial charge in [-0.1, -0.05) is 49.1 Å². The number of amides is 1. The number of nitriles is 1. The highest BCUT2D eigenvalue weighted by Gasteiger charge is 2.42. The van der Waals surface area contributed by atoms with Crippen LogP contribution in [0.25, 0.3) is 32.9 Å². The van der Waals surface area contributed by atoms with Crippen molar-refractivity contribution in [2.75, 3.05) is 0 Å². The quantitative estimate of drug-likeness (QED) is 0.307. The summed E-state index contributed by atoms with van der Waals surface area (Å²) < 4.78 is 1.73. The minimum absolute atomic E-state index is 0.137. The molecule has 1 amide bonds. The van der Waals surface area contributed by atoms with Crippen LogP contribution in [-0.4, -0.2) is 21.5 Å². The predicted octanol–water partition coefficient (Wildman–Crippen LogP) is 5.25. The Balaban J connectivity index is 2.40. The molecule has 3 aromatic rings. The van der Waals surface area contributed by atoms with Crippen molar-refractivity contribution in [3.8, 4) is 17.5 Å². The number of carbonyl (C=O) groups is 1. The van der Waals surface area contributed by atoms with Gasteiger partial charge in [0, 0.05) is 16.5 Å². The Morgan fingerprint density at radius 3 is 2.77 bits per heavy atom. The number of fused-ring (bicyclic) bond motifs is 1. The average molecular weight is 416 g/mol. The topological polar surface area (TPSA) is 119 Å². The standard InChI is InChI=1S/C23H25N7O/c1-4-5-13-23(28-29-25,22(31)26-16(2)3)30-20-12-7-6-11-19(20)27-21(30)18-10-8-9-17(14-18)15-24/h6-12,14,16H,4-5,13H2,1-3H3,(H,26,31). The van der Waals surface area contributed by atoms with Crippen LogP contribution in [0.2, 0.25) is 0 Å². The number of aromatic nitrogens is 2. The van der Waals surface area contributed by atoms with Gasteiger partial charge in [0.05, 0.1) is 22.7 Å². The maximum atomic E-state index is 13.5. The van der Waals surface area contributed by atoms with E-state index in [0.29, 0.717) is 40.8 Å². The number of azide groups is 1. The predicted molar refractivity (Wildman–Crippen MR) is 120 cm³/mol. The van der Waals surface area contributed by atoms with Gasteiger partial charge in [0.15, 0.2) is 0 Å². The smallest absolute Gasteiger partial charge is 0.252 e. The van der Waals surface area contributed by atoms with E-state index in [1.54, 1.807) is 22.8 Å². The molecule has 1 aromatic heterocycles. The van der Waals surface area contributed by atoms with E-state index in [9.17, 15) is 15.6 Å². The zero-order chi connectivity index (χ0) is 22.4. The highest BCUT2D eigenvalue weighted by Crippen LogP contribution is 2.36. The van der Waals surface area contributed by atoms with Gasteiger partial charge < -0.3 is 9.88 Å². The van der Waals surface area contributed by atoms with Gasteiger partial charge in [-0.3, -0.25) is 4.79 Å². The summed E-state index contributed by atoms with van der Waals surface area (Å²) in [5, 5.41) is 16.4. The summed E-state index contributed by atoms with van der Waals surface area (Å²) in [6, 6.07) is 16.5. The second-order valence-corrected chi connectivity index (χ2v) is 7.69. The molecule has 0 aliphatic rings. The van der Waals surface area contributed by atoms with Crippen LogP contribution in [0, 0.1) is 11.3 Å². The number of para-hydroxylation sites is 2. The summed E-state index contributed by atoms with van der Waals surface area (Å²) in [6.07, 6.45) is 1.82. The third kappa shape index (κ3) is 4.23. The first-order valence-electron chi connectivity index (χ1n) is 10.3. The zero-order valence-corrected chi connectivity index (χ0v) is 17.9. The van der Waals surface area contributed by atoms with Crippen molar-refractivity contribution in [1.29, 1.82) is 5.26 Å². The molecule has 0 fully saturated rings. The summed E-state index contributed by atoms with van der Waals surface area (Å²) in [7, 11) is 0. The van der Waals surface area contributed by atoms with E-state index < -0.39 is 5.66 Å². The summed E-state index contributed by atoms with van der Waals surface area (Å²) in [5.74, 6) is 0.0929. The maximum absolute atomic E-state index is 13.5. The molecular formula is C23H25N7O. The molecule has 8 heteroatoms. The normalized spacial score (nSPS) is 12.7. The number of hydrogen-bond acceptors (Lipinski definition) is 4. The number of nitrogens with zero attached hydrogens (tertiary/aromatic N) is 6. The lowest BCUT2D eigenvalue weighted by Gasteiger charge is -2.32. The molecule has 0 radical (unpaired) electrons. The van der Waals surface area contributed by atoms with Crippen LogP contribution >= 0.6 is 0 Å². The van der Waals surface area contributed by atoms with E-state index in [1.807, 2.05) is 51.1 Å². The third-order valence-electron chi connectivity index (χ3n) is 5.05. The van der Waals surface area contributed by atoms with Crippen molar-refractivity contribution >= 4 is 16.9 Å². The van der Waals surface area contributed by atoms with Crippen LogP contribution in [0.5, 0.6) is 0 Å². The maximum Gasteiger partial charge on any atom is 0.252 e. The van der Waals surface area contributed by atoms with Crippen molar-refractivity contribution < 1.29 is 4.79 Å². The van der Waals surface area contributed by atoms with E-state index >= 15 is 0 Å². The van der Waals surface area contributed by atoms with E-state index in [2.05, 4.69) is 21.4 Å². The molecule has 0 aliphatic heterocycles. The van der Waals surface area contributed by atoms with Gasteiger partial charge in [0.25, 0.3) is 5.91 Å². The monoisotopic (exact) mass is 415 g/mol. The summed E-state index contributed by atoms with van der Waals surface area (Å²) in [4.78, 5) is 21.4. The number of unbranched alkanes of at least 4 members (excludes halogenated alkanes) is 1. The number of rotatable bonds is 8. The lowest BCUT2D eigenvalue weighted by atomic mass is 9.99. The lowest BCUT2D eigenvalue weighted by Crippen LogP contribution is -2.49. The fourth-order valence-electron chi connectivity index (χ4n) is 3.66. The van der Waals surface area contributed by atoms with Gasteiger partial charge in [-0.2, -0.15) is 5.26 Å². The second-order valence-electron chi connectivity index (χ2n) is 7.69. The number of imidazole rings is 1. The number of carbonyl (C=O) groups excluding carboxylic acids is 1. The fourth-order valence-corrected chi connectivity index (χ4v) is 3.66. The molecule has 0 bridgehead atoms. The highest BCUT2D eigenvalue weighted by atomic mass is 16.2. The van der Waals surface area contributed by atoms with Crippen molar-refractivity contribution in [3.05, 3.63) is 64.5 Å². The van der Waals surface area contributed by atoms with Crippen LogP contribution in [-0.2, 0) is 10.5 Å². The minimum atomic E-state index is -1.54. The van der Waals surface area contributed by atoms with E-state index in [1.165, 1.54) is 0 Å². The van der Waals surface area contributed by atoms with Crippen molar-refractivity contribution in [3.63, 3.8) is 0 Å². The molecule has 0 saturated heterocycles.